The van der Waals surface area contributed by atoms with Gasteiger partial charge in [-0.2, -0.15) is 22.5 Å². The van der Waals surface area contributed by atoms with Crippen LogP contribution in [0.5, 0.6) is 5.88 Å². The summed E-state index contributed by atoms with van der Waals surface area (Å²) in [6, 6.07) is 3.21. The molecule has 6 nitrogen and oxygen atoms in total. The van der Waals surface area contributed by atoms with Gasteiger partial charge in [0.15, 0.2) is 0 Å². The Balaban J connectivity index is 0.000000628. The molecule has 0 radical (unpaired) electrons. The third kappa shape index (κ3) is 5.23. The van der Waals surface area contributed by atoms with Crippen LogP contribution in [-0.2, 0) is 6.54 Å². The highest BCUT2D eigenvalue weighted by Crippen LogP contribution is 2.33. The van der Waals surface area contributed by atoms with Crippen molar-refractivity contribution in [1.82, 2.24) is 19.5 Å². The van der Waals surface area contributed by atoms with Crippen molar-refractivity contribution in [2.45, 2.75) is 65.3 Å². The minimum absolute atomic E-state index is 0.0000709. The number of H-pyrrole nitrogens is 1. The van der Waals surface area contributed by atoms with Crippen LogP contribution in [0.2, 0.25) is 0 Å². The molecular weight excluding hydrogens is 416 g/mol. The van der Waals surface area contributed by atoms with Gasteiger partial charge in [0.25, 0.3) is 11.4 Å². The van der Waals surface area contributed by atoms with Crippen molar-refractivity contribution in [2.24, 2.45) is 0 Å². The van der Waals surface area contributed by atoms with Gasteiger partial charge in [-0.25, -0.2) is 4.98 Å². The molecule has 1 aliphatic rings. The van der Waals surface area contributed by atoms with E-state index in [-0.39, 0.29) is 23.2 Å². The van der Waals surface area contributed by atoms with E-state index in [1.54, 1.807) is 23.8 Å². The van der Waals surface area contributed by atoms with Crippen molar-refractivity contribution in [2.75, 3.05) is 0 Å². The Labute approximate surface area is 176 Å². The molecule has 1 fully saturated rings. The maximum atomic E-state index is 15.3. The van der Waals surface area contributed by atoms with E-state index in [0.29, 0.717) is 23.4 Å². The predicted molar refractivity (Wildman–Crippen MR) is 109 cm³/mol. The standard InChI is InChI=1S/C20H23FN4O2.CHF3/c1-3-25-16(26)10-9-15-19(25)14(11-22-15)18-17(21)20(24-12(2)23-18)27-13-7-5-4-6-8-13;2-1(3)4/h9-11,13,22H,3-8H2,1-2H3;1H. The van der Waals surface area contributed by atoms with E-state index in [1.165, 1.54) is 12.5 Å². The molecule has 3 heterocycles. The van der Waals surface area contributed by atoms with Gasteiger partial charge in [-0.1, -0.05) is 6.42 Å². The average Bonchev–Trinajstić information content (AvgIpc) is 3.15. The van der Waals surface area contributed by atoms with Crippen molar-refractivity contribution in [3.63, 3.8) is 0 Å². The summed E-state index contributed by atoms with van der Waals surface area (Å²) in [6.07, 6.45) is 6.89. The van der Waals surface area contributed by atoms with E-state index >= 15 is 4.39 Å². The van der Waals surface area contributed by atoms with Crippen molar-refractivity contribution in [3.05, 3.63) is 40.3 Å². The van der Waals surface area contributed by atoms with Crippen LogP contribution in [0.1, 0.15) is 44.9 Å². The number of fused-ring (bicyclic) bond motifs is 1. The number of ether oxygens (including phenoxy) is 1. The number of halogens is 4. The molecule has 1 saturated carbocycles. The molecule has 0 aromatic carbocycles. The van der Waals surface area contributed by atoms with Crippen LogP contribution in [0.4, 0.5) is 17.6 Å². The molecule has 0 saturated heterocycles. The summed E-state index contributed by atoms with van der Waals surface area (Å²) in [5.74, 6) is -0.140. The van der Waals surface area contributed by atoms with Crippen LogP contribution in [0.3, 0.4) is 0 Å². The van der Waals surface area contributed by atoms with Gasteiger partial charge in [0, 0.05) is 24.4 Å². The number of hydrogen-bond donors (Lipinski definition) is 1. The number of hydrogen-bond acceptors (Lipinski definition) is 4. The minimum Gasteiger partial charge on any atom is -0.472 e. The van der Waals surface area contributed by atoms with Crippen LogP contribution < -0.4 is 10.3 Å². The SMILES string of the molecule is CCn1c(=O)ccc2[nH]cc(-c3nc(C)nc(OC4CCCCC4)c3F)c21.FC(F)F. The van der Waals surface area contributed by atoms with Gasteiger partial charge in [0.05, 0.1) is 11.0 Å². The van der Waals surface area contributed by atoms with Crippen molar-refractivity contribution in [3.8, 4) is 17.1 Å². The molecule has 3 aromatic rings. The number of pyridine rings is 1. The minimum atomic E-state index is -3.67. The van der Waals surface area contributed by atoms with Crippen molar-refractivity contribution in [1.29, 1.82) is 0 Å². The van der Waals surface area contributed by atoms with Gasteiger partial charge in [-0.05, 0) is 45.6 Å². The second-order valence-electron chi connectivity index (χ2n) is 7.24. The fourth-order valence-electron chi connectivity index (χ4n) is 3.83. The summed E-state index contributed by atoms with van der Waals surface area (Å²) in [5.41, 5.74) is 1.98. The highest BCUT2D eigenvalue weighted by atomic mass is 19.4. The fraction of sp³-hybridized carbons (Fsp3) is 0.476. The van der Waals surface area contributed by atoms with Crippen molar-refractivity contribution < 1.29 is 22.3 Å². The molecule has 0 atom stereocenters. The molecule has 168 valence electrons. The zero-order valence-corrected chi connectivity index (χ0v) is 17.3. The summed E-state index contributed by atoms with van der Waals surface area (Å²) in [5, 5.41) is 0. The van der Waals surface area contributed by atoms with Gasteiger partial charge >= 0.3 is 6.68 Å². The van der Waals surface area contributed by atoms with Crippen LogP contribution in [0, 0.1) is 12.7 Å². The number of rotatable bonds is 4. The van der Waals surface area contributed by atoms with E-state index in [1.807, 2.05) is 6.92 Å². The van der Waals surface area contributed by atoms with E-state index in [9.17, 15) is 18.0 Å². The third-order valence-corrected chi connectivity index (χ3v) is 5.15. The predicted octanol–water partition coefficient (Wildman–Crippen LogP) is 5.14. The Morgan fingerprint density at radius 2 is 1.87 bits per heavy atom. The Kier molecular flexibility index (Phi) is 7.29. The average molecular weight is 440 g/mol. The molecule has 1 N–H and O–H groups in total. The van der Waals surface area contributed by atoms with E-state index < -0.39 is 12.5 Å². The summed E-state index contributed by atoms with van der Waals surface area (Å²) in [6.45, 7) is 0.424. The number of nitrogens with one attached hydrogen (secondary N) is 1. The first-order chi connectivity index (χ1) is 14.8. The maximum absolute atomic E-state index is 15.3. The number of aromatic amines is 1. The molecule has 0 amide bonds. The summed E-state index contributed by atoms with van der Waals surface area (Å²) in [7, 11) is 0. The van der Waals surface area contributed by atoms with Gasteiger partial charge in [0.2, 0.25) is 5.82 Å². The molecule has 0 bridgehead atoms. The molecule has 31 heavy (non-hydrogen) atoms. The highest BCUT2D eigenvalue weighted by molar-refractivity contribution is 5.92. The van der Waals surface area contributed by atoms with E-state index in [0.717, 1.165) is 31.2 Å². The second-order valence-corrected chi connectivity index (χ2v) is 7.24. The van der Waals surface area contributed by atoms with E-state index in [2.05, 4.69) is 15.0 Å². The van der Waals surface area contributed by atoms with Crippen LogP contribution in [0.25, 0.3) is 22.3 Å². The first kappa shape index (κ1) is 22.8. The first-order valence-electron chi connectivity index (χ1n) is 10.2. The molecule has 0 unspecified atom stereocenters. The lowest BCUT2D eigenvalue weighted by Crippen LogP contribution is -2.21. The summed E-state index contributed by atoms with van der Waals surface area (Å²) >= 11 is 0. The molecule has 3 aromatic heterocycles. The lowest BCUT2D eigenvalue weighted by Gasteiger charge is -2.23. The Hall–Kier alpha value is -2.91. The topological polar surface area (TPSA) is 72.8 Å². The summed E-state index contributed by atoms with van der Waals surface area (Å²) in [4.78, 5) is 23.8. The smallest absolute Gasteiger partial charge is 0.379 e. The molecular formula is C21H24F4N4O2. The van der Waals surface area contributed by atoms with Gasteiger partial charge in [-0.15, -0.1) is 0 Å². The lowest BCUT2D eigenvalue weighted by atomic mass is 9.98. The highest BCUT2D eigenvalue weighted by Gasteiger charge is 2.23. The number of aryl methyl sites for hydroxylation is 2. The molecule has 0 spiro atoms. The number of aromatic nitrogens is 4. The van der Waals surface area contributed by atoms with Gasteiger partial charge < -0.3 is 14.3 Å². The maximum Gasteiger partial charge on any atom is 0.379 e. The Morgan fingerprint density at radius 1 is 1.19 bits per heavy atom. The van der Waals surface area contributed by atoms with Crippen LogP contribution in [-0.4, -0.2) is 32.3 Å². The zero-order valence-electron chi connectivity index (χ0n) is 17.3. The molecule has 1 aliphatic carbocycles. The molecule has 10 heteroatoms. The first-order valence-corrected chi connectivity index (χ1v) is 10.2. The molecule has 0 aliphatic heterocycles. The number of alkyl halides is 3. The largest absolute Gasteiger partial charge is 0.472 e. The fourth-order valence-corrected chi connectivity index (χ4v) is 3.83. The quantitative estimate of drug-likeness (QED) is 0.570. The summed E-state index contributed by atoms with van der Waals surface area (Å²) < 4.78 is 51.8. The third-order valence-electron chi connectivity index (χ3n) is 5.15. The molecule has 4 rings (SSSR count). The van der Waals surface area contributed by atoms with E-state index in [4.69, 9.17) is 4.74 Å². The normalized spacial score (nSPS) is 14.5. The van der Waals surface area contributed by atoms with Crippen LogP contribution in [0.15, 0.2) is 23.1 Å². The number of nitrogens with zero attached hydrogens (tertiary/aromatic N) is 3. The second kappa shape index (κ2) is 9.93. The zero-order chi connectivity index (χ0) is 22.5. The lowest BCUT2D eigenvalue weighted by molar-refractivity contribution is 0.00819. The van der Waals surface area contributed by atoms with Gasteiger partial charge in [-0.3, -0.25) is 4.79 Å². The van der Waals surface area contributed by atoms with Crippen molar-refractivity contribution >= 4 is 11.0 Å². The van der Waals surface area contributed by atoms with Gasteiger partial charge in [0.1, 0.15) is 17.6 Å². The monoisotopic (exact) mass is 440 g/mol. The van der Waals surface area contributed by atoms with Crippen LogP contribution >= 0.6 is 0 Å². The Bertz CT molecular complexity index is 1090. The Morgan fingerprint density at radius 3 is 2.52 bits per heavy atom.